The van der Waals surface area contributed by atoms with Crippen LogP contribution in [0.3, 0.4) is 0 Å². The van der Waals surface area contributed by atoms with Crippen molar-refractivity contribution < 1.29 is 13.9 Å². The topological polar surface area (TPSA) is 41.6 Å². The van der Waals surface area contributed by atoms with Crippen molar-refractivity contribution in [1.82, 2.24) is 10.2 Å². The molecule has 1 N–H and O–H groups in total. The molecule has 4 nitrogen and oxygen atoms in total. The molecule has 1 aromatic carbocycles. The second-order valence-corrected chi connectivity index (χ2v) is 5.56. The van der Waals surface area contributed by atoms with E-state index in [1.807, 2.05) is 17.9 Å². The highest BCUT2D eigenvalue weighted by Gasteiger charge is 2.22. The fourth-order valence-electron chi connectivity index (χ4n) is 2.76. The maximum absolute atomic E-state index is 13.7. The zero-order valence-electron chi connectivity index (χ0n) is 12.9. The zero-order chi connectivity index (χ0) is 15.4. The molecule has 116 valence electrons. The summed E-state index contributed by atoms with van der Waals surface area (Å²) < 4.78 is 18.7. The van der Waals surface area contributed by atoms with Crippen LogP contribution in [0.15, 0.2) is 18.2 Å². The first-order valence-electron chi connectivity index (χ1n) is 7.36. The van der Waals surface area contributed by atoms with Crippen molar-refractivity contribution >= 4 is 5.91 Å². The van der Waals surface area contributed by atoms with Crippen molar-refractivity contribution in [1.29, 1.82) is 0 Å². The summed E-state index contributed by atoms with van der Waals surface area (Å²) in [5, 5.41) is 3.51. The lowest BCUT2D eigenvalue weighted by atomic mass is 10.0. The number of ether oxygens (including phenoxy) is 1. The Balaban J connectivity index is 1.91. The van der Waals surface area contributed by atoms with Gasteiger partial charge in [0.2, 0.25) is 5.91 Å². The van der Waals surface area contributed by atoms with Gasteiger partial charge >= 0.3 is 0 Å². The van der Waals surface area contributed by atoms with Crippen molar-refractivity contribution in [2.24, 2.45) is 0 Å². The Morgan fingerprint density at radius 3 is 2.62 bits per heavy atom. The van der Waals surface area contributed by atoms with Gasteiger partial charge in [-0.05, 0) is 37.5 Å². The molecular formula is C16H23FN2O2. The minimum atomic E-state index is -0.338. The van der Waals surface area contributed by atoms with Gasteiger partial charge in [-0.2, -0.15) is 0 Å². The summed E-state index contributed by atoms with van der Waals surface area (Å²) in [6.45, 7) is 5.21. The molecule has 1 fully saturated rings. The number of hydrogen-bond donors (Lipinski definition) is 1. The predicted octanol–water partition coefficient (Wildman–Crippen LogP) is 2.50. The molecule has 1 amide bonds. The quantitative estimate of drug-likeness (QED) is 0.927. The van der Waals surface area contributed by atoms with Crippen molar-refractivity contribution in [3.8, 4) is 5.75 Å². The summed E-state index contributed by atoms with van der Waals surface area (Å²) in [6, 6.07) is 5.48. The molecule has 2 rings (SSSR count). The van der Waals surface area contributed by atoms with Crippen LogP contribution in [0.5, 0.6) is 5.75 Å². The van der Waals surface area contributed by atoms with E-state index in [9.17, 15) is 9.18 Å². The van der Waals surface area contributed by atoms with Gasteiger partial charge in [-0.25, -0.2) is 4.39 Å². The van der Waals surface area contributed by atoms with E-state index < -0.39 is 0 Å². The molecule has 1 aliphatic heterocycles. The lowest BCUT2D eigenvalue weighted by Gasteiger charge is -2.33. The summed E-state index contributed by atoms with van der Waals surface area (Å²) in [5.74, 6) is 0.0643. The molecule has 21 heavy (non-hydrogen) atoms. The van der Waals surface area contributed by atoms with E-state index in [0.29, 0.717) is 6.04 Å². The van der Waals surface area contributed by atoms with E-state index in [1.165, 1.54) is 13.2 Å². The Bertz CT molecular complexity index is 499. The first-order chi connectivity index (χ1) is 10.0. The highest BCUT2D eigenvalue weighted by atomic mass is 19.1. The van der Waals surface area contributed by atoms with Gasteiger partial charge in [0.1, 0.15) is 0 Å². The highest BCUT2D eigenvalue weighted by molar-refractivity contribution is 5.73. The fraction of sp³-hybridized carbons (Fsp3) is 0.562. The van der Waals surface area contributed by atoms with Crippen LogP contribution in [-0.2, 0) is 4.79 Å². The number of methoxy groups -OCH3 is 1. The van der Waals surface area contributed by atoms with E-state index in [2.05, 4.69) is 5.32 Å². The van der Waals surface area contributed by atoms with Crippen molar-refractivity contribution in [2.45, 2.75) is 38.8 Å². The molecule has 0 aliphatic carbocycles. The van der Waals surface area contributed by atoms with Gasteiger partial charge in [0.15, 0.2) is 11.6 Å². The van der Waals surface area contributed by atoms with Crippen LogP contribution in [0.25, 0.3) is 0 Å². The molecule has 0 aromatic heterocycles. The molecule has 1 atom stereocenters. The van der Waals surface area contributed by atoms with Gasteiger partial charge in [-0.15, -0.1) is 0 Å². The number of carbonyl (C=O) groups is 1. The third-order valence-corrected chi connectivity index (χ3v) is 4.10. The van der Waals surface area contributed by atoms with Crippen molar-refractivity contribution in [3.05, 3.63) is 29.6 Å². The van der Waals surface area contributed by atoms with Crippen LogP contribution in [0.1, 0.15) is 38.3 Å². The average molecular weight is 294 g/mol. The standard InChI is InChI=1S/C16H23FN2O2/c1-11(13-4-5-16(21-3)15(17)10-13)18-14-6-8-19(9-7-14)12(2)20/h4-5,10-11,14,18H,6-9H2,1-3H3. The minimum absolute atomic E-state index is 0.0688. The molecule has 0 bridgehead atoms. The smallest absolute Gasteiger partial charge is 0.219 e. The fourth-order valence-corrected chi connectivity index (χ4v) is 2.76. The van der Waals surface area contributed by atoms with Crippen LogP contribution >= 0.6 is 0 Å². The van der Waals surface area contributed by atoms with E-state index in [-0.39, 0.29) is 23.5 Å². The van der Waals surface area contributed by atoms with Crippen LogP contribution in [0.4, 0.5) is 4.39 Å². The van der Waals surface area contributed by atoms with Crippen LogP contribution in [0, 0.1) is 5.82 Å². The van der Waals surface area contributed by atoms with Crippen molar-refractivity contribution in [2.75, 3.05) is 20.2 Å². The Morgan fingerprint density at radius 2 is 2.10 bits per heavy atom. The molecule has 0 radical (unpaired) electrons. The maximum atomic E-state index is 13.7. The molecule has 1 aromatic rings. The maximum Gasteiger partial charge on any atom is 0.219 e. The molecule has 1 aliphatic rings. The lowest BCUT2D eigenvalue weighted by Crippen LogP contribution is -2.44. The molecular weight excluding hydrogens is 271 g/mol. The normalized spacial score (nSPS) is 17.6. The van der Waals surface area contributed by atoms with Gasteiger partial charge in [-0.1, -0.05) is 6.07 Å². The minimum Gasteiger partial charge on any atom is -0.494 e. The molecule has 0 spiro atoms. The lowest BCUT2D eigenvalue weighted by molar-refractivity contribution is -0.129. The van der Waals surface area contributed by atoms with Crippen molar-refractivity contribution in [3.63, 3.8) is 0 Å². The molecule has 1 unspecified atom stereocenters. The Morgan fingerprint density at radius 1 is 1.43 bits per heavy atom. The van der Waals surface area contributed by atoms with Crippen LogP contribution in [-0.4, -0.2) is 37.0 Å². The molecule has 1 heterocycles. The van der Waals surface area contributed by atoms with Crippen LogP contribution < -0.4 is 10.1 Å². The van der Waals surface area contributed by atoms with Gasteiger partial charge in [0.05, 0.1) is 7.11 Å². The summed E-state index contributed by atoms with van der Waals surface area (Å²) >= 11 is 0. The monoisotopic (exact) mass is 294 g/mol. The number of nitrogens with zero attached hydrogens (tertiary/aromatic N) is 1. The van der Waals surface area contributed by atoms with E-state index in [1.54, 1.807) is 13.0 Å². The summed E-state index contributed by atoms with van der Waals surface area (Å²) in [5.41, 5.74) is 0.905. The number of halogens is 1. The van der Waals surface area contributed by atoms with Gasteiger partial charge in [0.25, 0.3) is 0 Å². The van der Waals surface area contributed by atoms with E-state index in [4.69, 9.17) is 4.74 Å². The second kappa shape index (κ2) is 6.89. The first-order valence-corrected chi connectivity index (χ1v) is 7.36. The van der Waals surface area contributed by atoms with Gasteiger partial charge in [0, 0.05) is 32.1 Å². The van der Waals surface area contributed by atoms with E-state index in [0.717, 1.165) is 31.5 Å². The van der Waals surface area contributed by atoms with Gasteiger partial charge < -0.3 is 15.0 Å². The number of benzene rings is 1. The van der Waals surface area contributed by atoms with Crippen LogP contribution in [0.2, 0.25) is 0 Å². The number of piperidine rings is 1. The Hall–Kier alpha value is -1.62. The number of nitrogens with one attached hydrogen (secondary N) is 1. The molecule has 0 saturated carbocycles. The summed E-state index contributed by atoms with van der Waals surface area (Å²) in [4.78, 5) is 13.2. The summed E-state index contributed by atoms with van der Waals surface area (Å²) in [7, 11) is 1.46. The summed E-state index contributed by atoms with van der Waals surface area (Å²) in [6.07, 6.45) is 1.87. The molecule has 1 saturated heterocycles. The Labute approximate surface area is 125 Å². The van der Waals surface area contributed by atoms with E-state index >= 15 is 0 Å². The number of carbonyl (C=O) groups excluding carboxylic acids is 1. The first kappa shape index (κ1) is 15.8. The molecule has 5 heteroatoms. The van der Waals surface area contributed by atoms with Gasteiger partial charge in [-0.3, -0.25) is 4.79 Å². The third-order valence-electron chi connectivity index (χ3n) is 4.10. The SMILES string of the molecule is COc1ccc(C(C)NC2CCN(C(C)=O)CC2)cc1F. The second-order valence-electron chi connectivity index (χ2n) is 5.56. The Kier molecular flexibility index (Phi) is 5.17. The highest BCUT2D eigenvalue weighted by Crippen LogP contribution is 2.23. The predicted molar refractivity (Wildman–Crippen MR) is 79.8 cm³/mol. The number of amides is 1. The number of rotatable bonds is 4. The zero-order valence-corrected chi connectivity index (χ0v) is 12.9. The number of likely N-dealkylation sites (tertiary alicyclic amines) is 1. The number of hydrogen-bond acceptors (Lipinski definition) is 3. The average Bonchev–Trinajstić information content (AvgIpc) is 2.47. The third kappa shape index (κ3) is 3.94. The largest absolute Gasteiger partial charge is 0.494 e.